The highest BCUT2D eigenvalue weighted by Gasteiger charge is 2.38. The molecular weight excluding hydrogens is 422 g/mol. The Balaban J connectivity index is 2.07. The van der Waals surface area contributed by atoms with Crippen LogP contribution >= 0.6 is 0 Å². The number of benzene rings is 2. The van der Waals surface area contributed by atoms with Gasteiger partial charge in [-0.15, -0.1) is 5.10 Å². The topological polar surface area (TPSA) is 117 Å². The average molecular weight is 446 g/mol. The number of esters is 1. The van der Waals surface area contributed by atoms with E-state index in [0.29, 0.717) is 17.1 Å². The predicted octanol–water partition coefficient (Wildman–Crippen LogP) is 1.19. The molecule has 0 bridgehead atoms. The molecule has 1 heterocycles. The van der Waals surface area contributed by atoms with Crippen LogP contribution in [0.25, 0.3) is 0 Å². The number of ether oxygens (including phenoxy) is 2. The van der Waals surface area contributed by atoms with Crippen molar-refractivity contribution < 1.29 is 22.7 Å². The third kappa shape index (κ3) is 5.06. The molecule has 0 unspecified atom stereocenters. The second-order valence-electron chi connectivity index (χ2n) is 6.67. The van der Waals surface area contributed by atoms with E-state index in [0.717, 1.165) is 4.31 Å². The highest BCUT2D eigenvalue weighted by atomic mass is 32.2. The Bertz CT molecular complexity index is 1120. The van der Waals surface area contributed by atoms with Gasteiger partial charge in [0, 0.05) is 20.0 Å². The number of methoxy groups -OCH3 is 2. The molecule has 3 aromatic rings. The summed E-state index contributed by atoms with van der Waals surface area (Å²) in [6.45, 7) is -0.0414. The van der Waals surface area contributed by atoms with Crippen LogP contribution in [0.15, 0.2) is 59.5 Å². The third-order valence-electron chi connectivity index (χ3n) is 4.75. The number of aryl methyl sites for hydroxylation is 1. The highest BCUT2D eigenvalue weighted by molar-refractivity contribution is 7.89. The normalized spacial score (nSPS) is 12.5. The van der Waals surface area contributed by atoms with E-state index >= 15 is 0 Å². The molecule has 0 saturated carbocycles. The predicted molar refractivity (Wildman–Crippen MR) is 110 cm³/mol. The standard InChI is InChI=1S/C20H23N5O5S/c1-24-19(21-22-23-24)13-18(20(26)30-3)25(14-15-7-5-4-6-8-15)31(27,28)17-11-9-16(29-2)10-12-17/h4-12,18H,13-14H2,1-3H3/t18-/m1/s1. The van der Waals surface area contributed by atoms with Gasteiger partial charge in [0.05, 0.1) is 19.1 Å². The summed E-state index contributed by atoms with van der Waals surface area (Å²) in [6, 6.07) is 13.8. The van der Waals surface area contributed by atoms with E-state index in [9.17, 15) is 13.2 Å². The molecule has 11 heteroatoms. The summed E-state index contributed by atoms with van der Waals surface area (Å²) < 4.78 is 39.8. The Kier molecular flexibility index (Phi) is 6.98. The van der Waals surface area contributed by atoms with E-state index in [1.807, 2.05) is 6.07 Å². The number of carbonyl (C=O) groups excluding carboxylic acids is 1. The number of sulfonamides is 1. The van der Waals surface area contributed by atoms with E-state index in [1.165, 1.54) is 31.0 Å². The summed E-state index contributed by atoms with van der Waals surface area (Å²) in [7, 11) is 0.225. The molecule has 0 radical (unpaired) electrons. The molecule has 1 atom stereocenters. The van der Waals surface area contributed by atoms with Gasteiger partial charge < -0.3 is 9.47 Å². The van der Waals surface area contributed by atoms with Gasteiger partial charge in [-0.2, -0.15) is 4.31 Å². The SMILES string of the molecule is COC(=O)[C@@H](Cc1nnnn1C)N(Cc1ccccc1)S(=O)(=O)c1ccc(OC)cc1. The van der Waals surface area contributed by atoms with Crippen LogP contribution in [0.2, 0.25) is 0 Å². The Morgan fingerprint density at radius 3 is 2.32 bits per heavy atom. The Labute approximate surface area is 180 Å². The van der Waals surface area contributed by atoms with Gasteiger partial charge in [-0.1, -0.05) is 30.3 Å². The first-order valence-corrected chi connectivity index (χ1v) is 10.8. The summed E-state index contributed by atoms with van der Waals surface area (Å²) in [5.74, 6) is 0.151. The third-order valence-corrected chi connectivity index (χ3v) is 6.62. The molecule has 2 aromatic carbocycles. The summed E-state index contributed by atoms with van der Waals surface area (Å²) in [5.41, 5.74) is 0.713. The monoisotopic (exact) mass is 445 g/mol. The van der Waals surface area contributed by atoms with Gasteiger partial charge in [0.1, 0.15) is 11.8 Å². The highest BCUT2D eigenvalue weighted by Crippen LogP contribution is 2.25. The van der Waals surface area contributed by atoms with Gasteiger partial charge in [0.2, 0.25) is 10.0 Å². The molecule has 0 amide bonds. The fourth-order valence-corrected chi connectivity index (χ4v) is 4.61. The van der Waals surface area contributed by atoms with Crippen LogP contribution in [-0.4, -0.2) is 59.2 Å². The summed E-state index contributed by atoms with van der Waals surface area (Å²) >= 11 is 0. The first-order valence-electron chi connectivity index (χ1n) is 9.35. The van der Waals surface area contributed by atoms with E-state index in [2.05, 4.69) is 15.5 Å². The van der Waals surface area contributed by atoms with Crippen LogP contribution in [0.5, 0.6) is 5.75 Å². The van der Waals surface area contributed by atoms with Crippen molar-refractivity contribution in [1.82, 2.24) is 24.5 Å². The molecule has 10 nitrogen and oxygen atoms in total. The maximum Gasteiger partial charge on any atom is 0.324 e. The van der Waals surface area contributed by atoms with E-state index in [4.69, 9.17) is 9.47 Å². The maximum atomic E-state index is 13.6. The molecule has 0 aliphatic carbocycles. The molecule has 0 spiro atoms. The second-order valence-corrected chi connectivity index (χ2v) is 8.56. The fraction of sp³-hybridized carbons (Fsp3) is 0.300. The molecule has 0 N–H and O–H groups in total. The summed E-state index contributed by atoms with van der Waals surface area (Å²) in [5, 5.41) is 11.2. The van der Waals surface area contributed by atoms with Crippen molar-refractivity contribution in [3.8, 4) is 5.75 Å². The van der Waals surface area contributed by atoms with Crippen LogP contribution < -0.4 is 4.74 Å². The minimum Gasteiger partial charge on any atom is -0.497 e. The quantitative estimate of drug-likeness (QED) is 0.451. The van der Waals surface area contributed by atoms with Crippen LogP contribution in [0.1, 0.15) is 11.4 Å². The van der Waals surface area contributed by atoms with Crippen molar-refractivity contribution in [2.45, 2.75) is 23.9 Å². The molecule has 0 fully saturated rings. The molecule has 31 heavy (non-hydrogen) atoms. The number of rotatable bonds is 9. The number of aromatic nitrogens is 4. The van der Waals surface area contributed by atoms with E-state index < -0.39 is 22.0 Å². The van der Waals surface area contributed by atoms with Crippen LogP contribution in [-0.2, 0) is 39.6 Å². The lowest BCUT2D eigenvalue weighted by molar-refractivity contribution is -0.145. The molecular formula is C20H23N5O5S. The number of tetrazole rings is 1. The smallest absolute Gasteiger partial charge is 0.324 e. The van der Waals surface area contributed by atoms with Crippen LogP contribution in [0.3, 0.4) is 0 Å². The molecule has 1 aromatic heterocycles. The molecule has 0 aliphatic heterocycles. The first kappa shape index (κ1) is 22.4. The zero-order valence-corrected chi connectivity index (χ0v) is 18.2. The second kappa shape index (κ2) is 9.67. The number of hydrogen-bond donors (Lipinski definition) is 0. The number of hydrogen-bond acceptors (Lipinski definition) is 8. The molecule has 0 saturated heterocycles. The van der Waals surface area contributed by atoms with Gasteiger partial charge in [0.25, 0.3) is 0 Å². The zero-order chi connectivity index (χ0) is 22.4. The van der Waals surface area contributed by atoms with Crippen LogP contribution in [0.4, 0.5) is 0 Å². The van der Waals surface area contributed by atoms with Gasteiger partial charge in [-0.05, 0) is 40.3 Å². The van der Waals surface area contributed by atoms with Crippen molar-refractivity contribution in [2.75, 3.05) is 14.2 Å². The van der Waals surface area contributed by atoms with Gasteiger partial charge in [-0.25, -0.2) is 13.1 Å². The average Bonchev–Trinajstić information content (AvgIpc) is 3.20. The lowest BCUT2D eigenvalue weighted by atomic mass is 10.1. The van der Waals surface area contributed by atoms with Crippen LogP contribution in [0, 0.1) is 0 Å². The number of carbonyl (C=O) groups is 1. The Morgan fingerprint density at radius 2 is 1.77 bits per heavy atom. The van der Waals surface area contributed by atoms with Crippen molar-refractivity contribution in [3.63, 3.8) is 0 Å². The molecule has 164 valence electrons. The Morgan fingerprint density at radius 1 is 1.10 bits per heavy atom. The maximum absolute atomic E-state index is 13.6. The lowest BCUT2D eigenvalue weighted by Crippen LogP contribution is -2.46. The minimum absolute atomic E-state index is 0.0224. The molecule has 0 aliphatic rings. The van der Waals surface area contributed by atoms with Crippen molar-refractivity contribution in [2.24, 2.45) is 7.05 Å². The van der Waals surface area contributed by atoms with E-state index in [-0.39, 0.29) is 17.9 Å². The lowest BCUT2D eigenvalue weighted by Gasteiger charge is -2.29. The minimum atomic E-state index is -4.10. The summed E-state index contributed by atoms with van der Waals surface area (Å²) in [4.78, 5) is 12.8. The zero-order valence-electron chi connectivity index (χ0n) is 17.4. The van der Waals surface area contributed by atoms with Gasteiger partial charge in [-0.3, -0.25) is 4.79 Å². The van der Waals surface area contributed by atoms with Gasteiger partial charge >= 0.3 is 5.97 Å². The fourth-order valence-electron chi connectivity index (χ4n) is 3.04. The first-order chi connectivity index (χ1) is 14.9. The summed E-state index contributed by atoms with van der Waals surface area (Å²) in [6.07, 6.45) is -0.0572. The van der Waals surface area contributed by atoms with Crippen molar-refractivity contribution >= 4 is 16.0 Å². The van der Waals surface area contributed by atoms with Crippen molar-refractivity contribution in [1.29, 1.82) is 0 Å². The molecule has 3 rings (SSSR count). The number of nitrogens with zero attached hydrogens (tertiary/aromatic N) is 5. The van der Waals surface area contributed by atoms with Crippen molar-refractivity contribution in [3.05, 3.63) is 66.0 Å². The van der Waals surface area contributed by atoms with Gasteiger partial charge in [0.15, 0.2) is 5.82 Å². The van der Waals surface area contributed by atoms with E-state index in [1.54, 1.807) is 43.4 Å². The Hall–Kier alpha value is -3.31. The largest absolute Gasteiger partial charge is 0.497 e.